The van der Waals surface area contributed by atoms with Gasteiger partial charge in [0.1, 0.15) is 17.4 Å². The fraction of sp³-hybridized carbons (Fsp3) is 0.0833. The number of amides is 1. The number of hydrogen-bond donors (Lipinski definition) is 1. The molecular weight excluding hydrogens is 292 g/mol. The lowest BCUT2D eigenvalue weighted by atomic mass is 10.3. The van der Waals surface area contributed by atoms with Gasteiger partial charge in [0, 0.05) is 6.07 Å². The van der Waals surface area contributed by atoms with Gasteiger partial charge in [-0.3, -0.25) is 9.00 Å². The summed E-state index contributed by atoms with van der Waals surface area (Å²) in [6, 6.07) is 6.22. The lowest BCUT2D eigenvalue weighted by Crippen LogP contribution is -2.19. The van der Waals surface area contributed by atoms with Crippen molar-refractivity contribution in [2.45, 2.75) is 4.21 Å². The highest BCUT2D eigenvalue weighted by Crippen LogP contribution is 2.16. The quantitative estimate of drug-likeness (QED) is 0.944. The first kappa shape index (κ1) is 13.8. The summed E-state index contributed by atoms with van der Waals surface area (Å²) in [6.45, 7) is 0. The van der Waals surface area contributed by atoms with E-state index >= 15 is 0 Å². The first-order valence-electron chi connectivity index (χ1n) is 5.23. The molecule has 100 valence electrons. The molecule has 1 aromatic carbocycles. The van der Waals surface area contributed by atoms with Crippen LogP contribution in [-0.2, 0) is 15.6 Å². The molecule has 1 heterocycles. The van der Waals surface area contributed by atoms with Crippen LogP contribution < -0.4 is 5.32 Å². The summed E-state index contributed by atoms with van der Waals surface area (Å²) in [6.07, 6.45) is 0. The van der Waals surface area contributed by atoms with Crippen LogP contribution in [0.4, 0.5) is 14.5 Å². The fourth-order valence-electron chi connectivity index (χ4n) is 1.36. The monoisotopic (exact) mass is 301 g/mol. The Morgan fingerprint density at radius 2 is 2.11 bits per heavy atom. The Labute approximate surface area is 114 Å². The Hall–Kier alpha value is -1.60. The van der Waals surface area contributed by atoms with E-state index < -0.39 is 28.3 Å². The summed E-state index contributed by atoms with van der Waals surface area (Å²) in [5.74, 6) is -2.44. The number of benzene rings is 1. The third-order valence-corrected chi connectivity index (χ3v) is 4.80. The van der Waals surface area contributed by atoms with Crippen molar-refractivity contribution < 1.29 is 17.8 Å². The zero-order valence-corrected chi connectivity index (χ0v) is 11.2. The second kappa shape index (κ2) is 6.03. The topological polar surface area (TPSA) is 46.2 Å². The van der Waals surface area contributed by atoms with Gasteiger partial charge in [-0.2, -0.15) is 0 Å². The van der Waals surface area contributed by atoms with Crippen molar-refractivity contribution in [2.75, 3.05) is 11.1 Å². The van der Waals surface area contributed by atoms with Crippen LogP contribution in [0.5, 0.6) is 0 Å². The number of hydrogen-bond acceptors (Lipinski definition) is 3. The highest BCUT2D eigenvalue weighted by Gasteiger charge is 2.13. The van der Waals surface area contributed by atoms with E-state index in [1.54, 1.807) is 17.5 Å². The molecule has 0 aliphatic rings. The van der Waals surface area contributed by atoms with Crippen LogP contribution in [0.1, 0.15) is 0 Å². The molecule has 1 amide bonds. The van der Waals surface area contributed by atoms with E-state index in [0.29, 0.717) is 10.3 Å². The summed E-state index contributed by atoms with van der Waals surface area (Å²) < 4.78 is 38.3. The predicted molar refractivity (Wildman–Crippen MR) is 70.6 cm³/mol. The minimum atomic E-state index is -1.46. The van der Waals surface area contributed by atoms with Crippen LogP contribution in [0.15, 0.2) is 39.9 Å². The smallest absolute Gasteiger partial charge is 0.237 e. The maximum absolute atomic E-state index is 13.3. The van der Waals surface area contributed by atoms with Crippen LogP contribution in [-0.4, -0.2) is 15.9 Å². The van der Waals surface area contributed by atoms with E-state index in [1.165, 1.54) is 11.3 Å². The normalized spacial score (nSPS) is 12.1. The highest BCUT2D eigenvalue weighted by molar-refractivity contribution is 7.88. The van der Waals surface area contributed by atoms with E-state index in [4.69, 9.17) is 0 Å². The van der Waals surface area contributed by atoms with Gasteiger partial charge in [-0.05, 0) is 23.6 Å². The summed E-state index contributed by atoms with van der Waals surface area (Å²) in [4.78, 5) is 11.6. The third kappa shape index (κ3) is 3.68. The minimum absolute atomic E-state index is 0.130. The molecular formula is C12H9F2NO2S2. The van der Waals surface area contributed by atoms with E-state index in [0.717, 1.165) is 12.1 Å². The lowest BCUT2D eigenvalue weighted by Gasteiger charge is -2.05. The number of carbonyl (C=O) groups excluding carboxylic acids is 1. The minimum Gasteiger partial charge on any atom is -0.323 e. The average Bonchev–Trinajstić information content (AvgIpc) is 2.86. The SMILES string of the molecule is O=C(C[S@](=O)c1cccs1)Nc1ccc(F)cc1F. The molecule has 7 heteroatoms. The molecule has 0 aliphatic heterocycles. The van der Waals surface area contributed by atoms with Crippen LogP contribution in [0, 0.1) is 11.6 Å². The zero-order chi connectivity index (χ0) is 13.8. The molecule has 1 atom stereocenters. The molecule has 0 fully saturated rings. The Balaban J connectivity index is 2.00. The Kier molecular flexibility index (Phi) is 4.39. The molecule has 2 aromatic rings. The van der Waals surface area contributed by atoms with Crippen molar-refractivity contribution in [1.82, 2.24) is 0 Å². The standard InChI is InChI=1S/C12H9F2NO2S2/c13-8-3-4-10(9(14)6-8)15-11(16)7-19(17)12-2-1-5-18-12/h1-6H,7H2,(H,15,16)/t19-/m0/s1. The zero-order valence-electron chi connectivity index (χ0n) is 9.56. The van der Waals surface area contributed by atoms with Crippen LogP contribution in [0.3, 0.4) is 0 Å². The van der Waals surface area contributed by atoms with Gasteiger partial charge in [0.2, 0.25) is 5.91 Å². The number of thiophene rings is 1. The maximum Gasteiger partial charge on any atom is 0.237 e. The third-order valence-electron chi connectivity index (χ3n) is 2.19. The van der Waals surface area contributed by atoms with E-state index in [2.05, 4.69) is 5.32 Å². The molecule has 1 aromatic heterocycles. The second-order valence-corrected chi connectivity index (χ2v) is 6.22. The average molecular weight is 301 g/mol. The van der Waals surface area contributed by atoms with Crippen LogP contribution in [0.2, 0.25) is 0 Å². The summed E-state index contributed by atoms with van der Waals surface area (Å²) in [5, 5.41) is 4.02. The van der Waals surface area contributed by atoms with Crippen molar-refractivity contribution in [3.63, 3.8) is 0 Å². The van der Waals surface area contributed by atoms with Gasteiger partial charge in [-0.15, -0.1) is 11.3 Å². The van der Waals surface area contributed by atoms with Gasteiger partial charge >= 0.3 is 0 Å². The van der Waals surface area contributed by atoms with Gasteiger partial charge in [-0.1, -0.05) is 6.07 Å². The number of halogens is 2. The molecule has 0 radical (unpaired) electrons. The molecule has 0 saturated carbocycles. The lowest BCUT2D eigenvalue weighted by molar-refractivity contribution is -0.113. The second-order valence-electron chi connectivity index (χ2n) is 3.59. The summed E-state index contributed by atoms with van der Waals surface area (Å²) in [5.41, 5.74) is -0.130. The molecule has 0 aliphatic carbocycles. The molecule has 0 unspecified atom stereocenters. The largest absolute Gasteiger partial charge is 0.323 e. The first-order valence-corrected chi connectivity index (χ1v) is 7.43. The van der Waals surface area contributed by atoms with Crippen molar-refractivity contribution in [2.24, 2.45) is 0 Å². The first-order chi connectivity index (χ1) is 9.06. The van der Waals surface area contributed by atoms with Gasteiger partial charge in [0.25, 0.3) is 0 Å². The maximum atomic E-state index is 13.3. The van der Waals surface area contributed by atoms with Crippen LogP contribution in [0.25, 0.3) is 0 Å². The number of carbonyl (C=O) groups is 1. The number of anilines is 1. The fourth-order valence-corrected chi connectivity index (χ4v) is 3.26. The molecule has 2 rings (SSSR count). The van der Waals surface area contributed by atoms with Gasteiger partial charge in [0.05, 0.1) is 20.7 Å². The Morgan fingerprint density at radius 3 is 2.74 bits per heavy atom. The summed E-state index contributed by atoms with van der Waals surface area (Å²) >= 11 is 1.28. The van der Waals surface area contributed by atoms with E-state index in [1.807, 2.05) is 0 Å². The van der Waals surface area contributed by atoms with Gasteiger partial charge in [-0.25, -0.2) is 8.78 Å². The molecule has 1 N–H and O–H groups in total. The summed E-state index contributed by atoms with van der Waals surface area (Å²) in [7, 11) is -1.46. The Morgan fingerprint density at radius 1 is 1.32 bits per heavy atom. The number of rotatable bonds is 4. The van der Waals surface area contributed by atoms with E-state index in [9.17, 15) is 17.8 Å². The highest BCUT2D eigenvalue weighted by atomic mass is 32.2. The molecule has 19 heavy (non-hydrogen) atoms. The van der Waals surface area contributed by atoms with Crippen LogP contribution >= 0.6 is 11.3 Å². The number of nitrogens with one attached hydrogen (secondary N) is 1. The van der Waals surface area contributed by atoms with Gasteiger partial charge < -0.3 is 5.32 Å². The van der Waals surface area contributed by atoms with Crippen molar-refractivity contribution >= 4 is 33.7 Å². The molecule has 0 saturated heterocycles. The van der Waals surface area contributed by atoms with Crippen molar-refractivity contribution in [3.05, 3.63) is 47.3 Å². The van der Waals surface area contributed by atoms with Crippen molar-refractivity contribution in [1.29, 1.82) is 0 Å². The van der Waals surface area contributed by atoms with Gasteiger partial charge in [0.15, 0.2) is 0 Å². The molecule has 3 nitrogen and oxygen atoms in total. The predicted octanol–water partition coefficient (Wildman–Crippen LogP) is 2.77. The Bertz CT molecular complexity index is 614. The van der Waals surface area contributed by atoms with Crippen molar-refractivity contribution in [3.8, 4) is 0 Å². The van der Waals surface area contributed by atoms with E-state index in [-0.39, 0.29) is 11.4 Å². The molecule has 0 spiro atoms. The molecule has 0 bridgehead atoms.